The molecule has 0 aromatic heterocycles. The molecule has 0 radical (unpaired) electrons. The van der Waals surface area contributed by atoms with Crippen LogP contribution >= 0.6 is 0 Å². The lowest BCUT2D eigenvalue weighted by Gasteiger charge is -2.39. The highest BCUT2D eigenvalue weighted by molar-refractivity contribution is 5.78. The standard InChI is InChI=1S/C30H35FN2O3/c1-5-6-29(34)33-13-11-22-17-27(35-4)28(36-14-12-21-8-10-25(31)26(32)16-21)18-24(22)30(33)23-9-7-19(2)15-20(23)3/h7-10,15-18,30H,5-6,11-14,32H2,1-4H3. The van der Waals surface area contributed by atoms with Crippen molar-refractivity contribution in [2.45, 2.75) is 52.5 Å². The first-order chi connectivity index (χ1) is 17.3. The molecule has 1 atom stereocenters. The van der Waals surface area contributed by atoms with Gasteiger partial charge in [0.25, 0.3) is 0 Å². The molecular weight excluding hydrogens is 455 g/mol. The van der Waals surface area contributed by atoms with Crippen LogP contribution in [0.3, 0.4) is 0 Å². The molecule has 0 aliphatic carbocycles. The molecule has 5 nitrogen and oxygen atoms in total. The topological polar surface area (TPSA) is 64.8 Å². The number of anilines is 1. The molecule has 1 aliphatic heterocycles. The van der Waals surface area contributed by atoms with E-state index in [1.54, 1.807) is 19.2 Å². The number of carbonyl (C=O) groups is 1. The third kappa shape index (κ3) is 5.32. The average Bonchev–Trinajstić information content (AvgIpc) is 2.85. The smallest absolute Gasteiger partial charge is 0.223 e. The maximum atomic E-state index is 13.5. The monoisotopic (exact) mass is 490 g/mol. The third-order valence-corrected chi connectivity index (χ3v) is 6.87. The van der Waals surface area contributed by atoms with Crippen LogP contribution in [0.25, 0.3) is 0 Å². The van der Waals surface area contributed by atoms with E-state index in [0.29, 0.717) is 37.5 Å². The van der Waals surface area contributed by atoms with Gasteiger partial charge in [0.2, 0.25) is 5.91 Å². The number of carbonyl (C=O) groups excluding carboxylic acids is 1. The molecule has 0 saturated carbocycles. The summed E-state index contributed by atoms with van der Waals surface area (Å²) in [6, 6.07) is 15.0. The van der Waals surface area contributed by atoms with Crippen molar-refractivity contribution in [1.82, 2.24) is 4.90 Å². The van der Waals surface area contributed by atoms with Crippen molar-refractivity contribution < 1.29 is 18.7 Å². The Morgan fingerprint density at radius 2 is 1.89 bits per heavy atom. The molecular formula is C30H35FN2O3. The summed E-state index contributed by atoms with van der Waals surface area (Å²) >= 11 is 0. The number of amides is 1. The second-order valence-electron chi connectivity index (χ2n) is 9.51. The van der Waals surface area contributed by atoms with Crippen molar-refractivity contribution in [2.24, 2.45) is 0 Å². The number of hydrogen-bond acceptors (Lipinski definition) is 4. The molecule has 4 rings (SSSR count). The fraction of sp³-hybridized carbons (Fsp3) is 0.367. The molecule has 1 aliphatic rings. The van der Waals surface area contributed by atoms with Gasteiger partial charge in [-0.2, -0.15) is 0 Å². The Bertz CT molecular complexity index is 1260. The number of ether oxygens (including phenoxy) is 2. The largest absolute Gasteiger partial charge is 0.493 e. The molecule has 0 saturated heterocycles. The van der Waals surface area contributed by atoms with Crippen molar-refractivity contribution in [3.63, 3.8) is 0 Å². The van der Waals surface area contributed by atoms with Gasteiger partial charge in [0.15, 0.2) is 11.5 Å². The quantitative estimate of drug-likeness (QED) is 0.398. The first kappa shape index (κ1) is 25.5. The second kappa shape index (κ2) is 11.0. The molecule has 0 bridgehead atoms. The number of fused-ring (bicyclic) bond motifs is 1. The number of aryl methyl sites for hydroxylation is 2. The summed E-state index contributed by atoms with van der Waals surface area (Å²) in [6.45, 7) is 7.27. The van der Waals surface area contributed by atoms with Crippen LogP contribution < -0.4 is 15.2 Å². The van der Waals surface area contributed by atoms with Crippen molar-refractivity contribution in [2.75, 3.05) is 26.0 Å². The van der Waals surface area contributed by atoms with Gasteiger partial charge in [0.1, 0.15) is 5.82 Å². The number of methoxy groups -OCH3 is 1. The van der Waals surface area contributed by atoms with Crippen LogP contribution in [0.5, 0.6) is 11.5 Å². The number of nitrogens with two attached hydrogens (primary N) is 1. The summed E-state index contributed by atoms with van der Waals surface area (Å²) in [7, 11) is 1.64. The molecule has 0 spiro atoms. The highest BCUT2D eigenvalue weighted by Gasteiger charge is 2.33. The molecule has 36 heavy (non-hydrogen) atoms. The highest BCUT2D eigenvalue weighted by atomic mass is 19.1. The summed E-state index contributed by atoms with van der Waals surface area (Å²) < 4.78 is 25.4. The summed E-state index contributed by atoms with van der Waals surface area (Å²) in [5.41, 5.74) is 12.5. The molecule has 1 amide bonds. The zero-order chi connectivity index (χ0) is 25.8. The SMILES string of the molecule is CCCC(=O)N1CCc2cc(OC)c(OCCc3ccc(F)c(N)c3)cc2C1c1ccc(C)cc1C. The minimum atomic E-state index is -0.421. The van der Waals surface area contributed by atoms with Gasteiger partial charge in [-0.05, 0) is 78.8 Å². The van der Waals surface area contributed by atoms with Gasteiger partial charge in [-0.1, -0.05) is 36.8 Å². The number of hydrogen-bond donors (Lipinski definition) is 1. The second-order valence-corrected chi connectivity index (χ2v) is 9.51. The normalized spacial score (nSPS) is 14.9. The Kier molecular flexibility index (Phi) is 7.82. The van der Waals surface area contributed by atoms with Gasteiger partial charge >= 0.3 is 0 Å². The maximum Gasteiger partial charge on any atom is 0.223 e. The van der Waals surface area contributed by atoms with Crippen molar-refractivity contribution in [1.29, 1.82) is 0 Å². The number of halogens is 1. The lowest BCUT2D eigenvalue weighted by molar-refractivity contribution is -0.133. The minimum Gasteiger partial charge on any atom is -0.493 e. The summed E-state index contributed by atoms with van der Waals surface area (Å²) in [4.78, 5) is 15.2. The van der Waals surface area contributed by atoms with Crippen molar-refractivity contribution in [3.8, 4) is 11.5 Å². The van der Waals surface area contributed by atoms with Gasteiger partial charge < -0.3 is 20.1 Å². The van der Waals surface area contributed by atoms with E-state index in [0.717, 1.165) is 40.7 Å². The van der Waals surface area contributed by atoms with Gasteiger partial charge in [-0.15, -0.1) is 0 Å². The molecule has 3 aromatic carbocycles. The van der Waals surface area contributed by atoms with Gasteiger partial charge in [-0.25, -0.2) is 4.39 Å². The Morgan fingerprint density at radius 3 is 2.58 bits per heavy atom. The van der Waals surface area contributed by atoms with Crippen LogP contribution in [0.2, 0.25) is 0 Å². The van der Waals surface area contributed by atoms with E-state index in [1.807, 2.05) is 24.0 Å². The summed E-state index contributed by atoms with van der Waals surface area (Å²) in [5, 5.41) is 0. The van der Waals surface area contributed by atoms with Gasteiger partial charge in [-0.3, -0.25) is 4.79 Å². The van der Waals surface area contributed by atoms with E-state index >= 15 is 0 Å². The van der Waals surface area contributed by atoms with E-state index in [4.69, 9.17) is 15.2 Å². The van der Waals surface area contributed by atoms with Crippen LogP contribution in [0, 0.1) is 19.7 Å². The first-order valence-electron chi connectivity index (χ1n) is 12.6. The highest BCUT2D eigenvalue weighted by Crippen LogP contribution is 2.42. The van der Waals surface area contributed by atoms with E-state index in [9.17, 15) is 9.18 Å². The number of benzene rings is 3. The lowest BCUT2D eigenvalue weighted by atomic mass is 9.85. The number of nitrogens with zero attached hydrogens (tertiary/aromatic N) is 1. The van der Waals surface area contributed by atoms with Crippen LogP contribution in [0.1, 0.15) is 59.2 Å². The fourth-order valence-electron chi connectivity index (χ4n) is 5.02. The van der Waals surface area contributed by atoms with Crippen LogP contribution in [0.4, 0.5) is 10.1 Å². The Labute approximate surface area is 213 Å². The third-order valence-electron chi connectivity index (χ3n) is 6.87. The number of nitrogen functional groups attached to an aromatic ring is 1. The van der Waals surface area contributed by atoms with Crippen LogP contribution in [-0.4, -0.2) is 31.1 Å². The van der Waals surface area contributed by atoms with E-state index in [-0.39, 0.29) is 17.6 Å². The predicted octanol–water partition coefficient (Wildman–Crippen LogP) is 5.93. The lowest BCUT2D eigenvalue weighted by Crippen LogP contribution is -2.40. The van der Waals surface area contributed by atoms with Gasteiger partial charge in [0, 0.05) is 19.4 Å². The fourth-order valence-corrected chi connectivity index (χ4v) is 5.02. The van der Waals surface area contributed by atoms with E-state index in [2.05, 4.69) is 32.0 Å². The van der Waals surface area contributed by atoms with E-state index in [1.165, 1.54) is 11.6 Å². The molecule has 1 unspecified atom stereocenters. The zero-order valence-corrected chi connectivity index (χ0v) is 21.6. The Hall–Kier alpha value is -3.54. The Morgan fingerprint density at radius 1 is 1.08 bits per heavy atom. The van der Waals surface area contributed by atoms with Crippen LogP contribution in [-0.2, 0) is 17.6 Å². The summed E-state index contributed by atoms with van der Waals surface area (Å²) in [6.07, 6.45) is 2.67. The minimum absolute atomic E-state index is 0.131. The summed E-state index contributed by atoms with van der Waals surface area (Å²) in [5.74, 6) is 1.04. The van der Waals surface area contributed by atoms with Gasteiger partial charge in [0.05, 0.1) is 25.4 Å². The first-order valence-corrected chi connectivity index (χ1v) is 12.6. The molecule has 6 heteroatoms. The molecule has 190 valence electrons. The molecule has 1 heterocycles. The molecule has 3 aromatic rings. The average molecular weight is 491 g/mol. The van der Waals surface area contributed by atoms with Crippen LogP contribution in [0.15, 0.2) is 48.5 Å². The Balaban J connectivity index is 1.69. The van der Waals surface area contributed by atoms with E-state index < -0.39 is 5.82 Å². The molecule has 0 fully saturated rings. The van der Waals surface area contributed by atoms with Crippen molar-refractivity contribution in [3.05, 3.63) is 87.7 Å². The molecule has 2 N–H and O–H groups in total. The zero-order valence-electron chi connectivity index (χ0n) is 21.6. The number of rotatable bonds is 8. The predicted molar refractivity (Wildman–Crippen MR) is 141 cm³/mol. The maximum absolute atomic E-state index is 13.5. The van der Waals surface area contributed by atoms with Crippen molar-refractivity contribution >= 4 is 11.6 Å².